The fourth-order valence-corrected chi connectivity index (χ4v) is 3.10. The van der Waals surface area contributed by atoms with E-state index in [1.807, 2.05) is 11.8 Å². The highest BCUT2D eigenvalue weighted by atomic mass is 32.2. The molecule has 0 bridgehead atoms. The summed E-state index contributed by atoms with van der Waals surface area (Å²) in [7, 11) is 1.46. The summed E-state index contributed by atoms with van der Waals surface area (Å²) >= 11 is 1.87. The second kappa shape index (κ2) is 7.70. The third-order valence-corrected chi connectivity index (χ3v) is 4.46. The SMILES string of the molecule is COC(=O)C(CCSCc1cccc(C)c1)NC1CC1. The molecule has 20 heavy (non-hydrogen) atoms. The van der Waals surface area contributed by atoms with Crippen LogP contribution in [0, 0.1) is 6.92 Å². The van der Waals surface area contributed by atoms with Gasteiger partial charge in [0, 0.05) is 11.8 Å². The zero-order chi connectivity index (χ0) is 14.4. The Labute approximate surface area is 125 Å². The number of methoxy groups -OCH3 is 1. The Bertz CT molecular complexity index is 446. The van der Waals surface area contributed by atoms with Crippen molar-refractivity contribution in [3.63, 3.8) is 0 Å². The van der Waals surface area contributed by atoms with E-state index >= 15 is 0 Å². The first-order valence-corrected chi connectivity index (χ1v) is 8.31. The zero-order valence-corrected chi connectivity index (χ0v) is 13.0. The van der Waals surface area contributed by atoms with Gasteiger partial charge in [0.15, 0.2) is 0 Å². The molecule has 1 saturated carbocycles. The van der Waals surface area contributed by atoms with Crippen LogP contribution in [0.3, 0.4) is 0 Å². The first kappa shape index (κ1) is 15.4. The third kappa shape index (κ3) is 5.17. The summed E-state index contributed by atoms with van der Waals surface area (Å²) in [6.45, 7) is 2.11. The number of benzene rings is 1. The predicted molar refractivity (Wildman–Crippen MR) is 83.9 cm³/mol. The molecule has 0 aromatic heterocycles. The Balaban J connectivity index is 1.71. The standard InChI is InChI=1S/C16H23NO2S/c1-12-4-3-5-13(10-12)11-20-9-8-15(16(18)19-2)17-14-6-7-14/h3-5,10,14-15,17H,6-9,11H2,1-2H3. The fourth-order valence-electron chi connectivity index (χ4n) is 2.14. The highest BCUT2D eigenvalue weighted by Crippen LogP contribution is 2.21. The van der Waals surface area contributed by atoms with Crippen LogP contribution in [0.2, 0.25) is 0 Å². The van der Waals surface area contributed by atoms with E-state index in [2.05, 4.69) is 36.5 Å². The number of hydrogen-bond acceptors (Lipinski definition) is 4. The van der Waals surface area contributed by atoms with Crippen molar-refractivity contribution in [3.05, 3.63) is 35.4 Å². The molecule has 0 amide bonds. The maximum atomic E-state index is 11.7. The van der Waals surface area contributed by atoms with Crippen LogP contribution in [0.25, 0.3) is 0 Å². The quantitative estimate of drug-likeness (QED) is 0.591. The summed E-state index contributed by atoms with van der Waals surface area (Å²) in [5, 5.41) is 3.36. The van der Waals surface area contributed by atoms with Gasteiger partial charge >= 0.3 is 5.97 Å². The highest BCUT2D eigenvalue weighted by molar-refractivity contribution is 7.98. The van der Waals surface area contributed by atoms with Gasteiger partial charge in [0.25, 0.3) is 0 Å². The maximum Gasteiger partial charge on any atom is 0.322 e. The second-order valence-electron chi connectivity index (χ2n) is 5.35. The first-order valence-electron chi connectivity index (χ1n) is 7.16. The molecule has 1 aromatic carbocycles. The average Bonchev–Trinajstić information content (AvgIpc) is 3.25. The molecular weight excluding hydrogens is 270 g/mol. The van der Waals surface area contributed by atoms with Crippen molar-refractivity contribution in [1.29, 1.82) is 0 Å². The molecule has 0 saturated heterocycles. The van der Waals surface area contributed by atoms with Gasteiger partial charge in [0.2, 0.25) is 0 Å². The largest absolute Gasteiger partial charge is 0.468 e. The van der Waals surface area contributed by atoms with E-state index < -0.39 is 0 Å². The van der Waals surface area contributed by atoms with E-state index in [1.165, 1.54) is 31.1 Å². The number of aryl methyl sites for hydroxylation is 1. The highest BCUT2D eigenvalue weighted by Gasteiger charge is 2.28. The Morgan fingerprint density at radius 3 is 2.95 bits per heavy atom. The van der Waals surface area contributed by atoms with Crippen LogP contribution in [-0.2, 0) is 15.3 Å². The third-order valence-electron chi connectivity index (χ3n) is 3.40. The van der Waals surface area contributed by atoms with Crippen LogP contribution < -0.4 is 5.32 Å². The van der Waals surface area contributed by atoms with Crippen LogP contribution in [0.15, 0.2) is 24.3 Å². The zero-order valence-electron chi connectivity index (χ0n) is 12.2. The van der Waals surface area contributed by atoms with Crippen molar-refractivity contribution < 1.29 is 9.53 Å². The molecule has 1 N–H and O–H groups in total. The first-order chi connectivity index (χ1) is 9.69. The van der Waals surface area contributed by atoms with Crippen LogP contribution in [0.5, 0.6) is 0 Å². The number of carbonyl (C=O) groups is 1. The number of rotatable bonds is 8. The Morgan fingerprint density at radius 2 is 2.30 bits per heavy atom. The number of ether oxygens (including phenoxy) is 1. The van der Waals surface area contributed by atoms with Gasteiger partial charge in [0.05, 0.1) is 7.11 Å². The molecule has 1 aromatic rings. The number of nitrogens with one attached hydrogen (secondary N) is 1. The van der Waals surface area contributed by atoms with Crippen LogP contribution in [0.1, 0.15) is 30.4 Å². The van der Waals surface area contributed by atoms with Gasteiger partial charge in [0.1, 0.15) is 6.04 Å². The number of thioether (sulfide) groups is 1. The van der Waals surface area contributed by atoms with Gasteiger partial charge < -0.3 is 10.1 Å². The van der Waals surface area contributed by atoms with Gasteiger partial charge in [-0.1, -0.05) is 29.8 Å². The van der Waals surface area contributed by atoms with Crippen molar-refractivity contribution in [2.45, 2.75) is 44.0 Å². The van der Waals surface area contributed by atoms with Crippen LogP contribution in [-0.4, -0.2) is 30.9 Å². The van der Waals surface area contributed by atoms with Crippen molar-refractivity contribution in [1.82, 2.24) is 5.32 Å². The molecule has 1 unspecified atom stereocenters. The summed E-state index contributed by atoms with van der Waals surface area (Å²) in [4.78, 5) is 11.7. The van der Waals surface area contributed by atoms with Crippen molar-refractivity contribution >= 4 is 17.7 Å². The van der Waals surface area contributed by atoms with E-state index in [0.717, 1.165) is 17.9 Å². The minimum absolute atomic E-state index is 0.131. The molecule has 110 valence electrons. The lowest BCUT2D eigenvalue weighted by atomic mass is 10.2. The molecule has 4 heteroatoms. The van der Waals surface area contributed by atoms with Gasteiger partial charge in [-0.3, -0.25) is 4.79 Å². The topological polar surface area (TPSA) is 38.3 Å². The molecule has 1 aliphatic rings. The van der Waals surface area contributed by atoms with Gasteiger partial charge in [-0.05, 0) is 37.5 Å². The molecular formula is C16H23NO2S. The van der Waals surface area contributed by atoms with Gasteiger partial charge in [-0.2, -0.15) is 11.8 Å². The van der Waals surface area contributed by atoms with Crippen LogP contribution >= 0.6 is 11.8 Å². The predicted octanol–water partition coefficient (Wildman–Crippen LogP) is 2.91. The fraction of sp³-hybridized carbons (Fsp3) is 0.562. The van der Waals surface area contributed by atoms with Crippen molar-refractivity contribution in [2.75, 3.05) is 12.9 Å². The second-order valence-corrected chi connectivity index (χ2v) is 6.45. The number of esters is 1. The molecule has 0 heterocycles. The van der Waals surface area contributed by atoms with Gasteiger partial charge in [-0.15, -0.1) is 0 Å². The summed E-state index contributed by atoms with van der Waals surface area (Å²) in [6.07, 6.45) is 3.20. The molecule has 1 fully saturated rings. The van der Waals surface area contributed by atoms with Crippen molar-refractivity contribution in [2.24, 2.45) is 0 Å². The maximum absolute atomic E-state index is 11.7. The average molecular weight is 293 g/mol. The Morgan fingerprint density at radius 1 is 1.50 bits per heavy atom. The van der Waals surface area contributed by atoms with Gasteiger partial charge in [-0.25, -0.2) is 0 Å². The molecule has 2 rings (SSSR count). The molecule has 0 aliphatic heterocycles. The smallest absolute Gasteiger partial charge is 0.322 e. The monoisotopic (exact) mass is 293 g/mol. The summed E-state index contributed by atoms with van der Waals surface area (Å²) < 4.78 is 4.86. The normalized spacial score (nSPS) is 15.9. The van der Waals surface area contributed by atoms with E-state index in [0.29, 0.717) is 6.04 Å². The molecule has 3 nitrogen and oxygen atoms in total. The minimum Gasteiger partial charge on any atom is -0.468 e. The lowest BCUT2D eigenvalue weighted by molar-refractivity contribution is -0.143. The van der Waals surface area contributed by atoms with E-state index in [-0.39, 0.29) is 12.0 Å². The summed E-state index contributed by atoms with van der Waals surface area (Å²) in [5.41, 5.74) is 2.64. The summed E-state index contributed by atoms with van der Waals surface area (Å²) in [5.74, 6) is 1.83. The lowest BCUT2D eigenvalue weighted by Crippen LogP contribution is -2.39. The minimum atomic E-state index is -0.141. The van der Waals surface area contributed by atoms with E-state index in [4.69, 9.17) is 4.74 Å². The Hall–Kier alpha value is -1.00. The molecule has 1 atom stereocenters. The molecule has 1 aliphatic carbocycles. The van der Waals surface area contributed by atoms with E-state index in [9.17, 15) is 4.79 Å². The lowest BCUT2D eigenvalue weighted by Gasteiger charge is -2.15. The van der Waals surface area contributed by atoms with E-state index in [1.54, 1.807) is 0 Å². The number of carbonyl (C=O) groups excluding carboxylic acids is 1. The number of hydrogen-bond donors (Lipinski definition) is 1. The summed E-state index contributed by atoms with van der Waals surface area (Å²) in [6, 6.07) is 8.96. The Kier molecular flexibility index (Phi) is 5.92. The molecule has 0 spiro atoms. The molecule has 0 radical (unpaired) electrons. The van der Waals surface area contributed by atoms with Crippen LogP contribution in [0.4, 0.5) is 0 Å². The van der Waals surface area contributed by atoms with Crippen molar-refractivity contribution in [3.8, 4) is 0 Å².